The van der Waals surface area contributed by atoms with Crippen LogP contribution in [-0.2, 0) is 10.1 Å². The van der Waals surface area contributed by atoms with Gasteiger partial charge in [-0.2, -0.15) is 8.42 Å². The number of rotatable bonds is 6. The number of hydrogen-bond acceptors (Lipinski definition) is 7. The molecule has 0 radical (unpaired) electrons. The molecule has 7 nitrogen and oxygen atoms in total. The molecule has 5 rings (SSSR count). The van der Waals surface area contributed by atoms with Gasteiger partial charge in [0.2, 0.25) is 0 Å². The van der Waals surface area contributed by atoms with Crippen molar-refractivity contribution in [1.29, 1.82) is 0 Å². The molecule has 34 heavy (non-hydrogen) atoms. The topological polar surface area (TPSA) is 87.0 Å². The van der Waals surface area contributed by atoms with E-state index in [1.54, 1.807) is 41.7 Å². The number of aryl methyl sites for hydroxylation is 1. The second-order valence-corrected chi connectivity index (χ2v) is 10.2. The van der Waals surface area contributed by atoms with Gasteiger partial charge in [-0.1, -0.05) is 47.2 Å². The summed E-state index contributed by atoms with van der Waals surface area (Å²) in [6, 6.07) is 18.8. The summed E-state index contributed by atoms with van der Waals surface area (Å²) < 4.78 is 38.6. The highest BCUT2D eigenvalue weighted by Gasteiger charge is 2.19. The number of thiazole rings is 1. The van der Waals surface area contributed by atoms with Gasteiger partial charge in [0.25, 0.3) is 5.56 Å². The number of fused-ring (bicyclic) bond motifs is 3. The molecule has 0 saturated carbocycles. The summed E-state index contributed by atoms with van der Waals surface area (Å²) in [7, 11) is -4.03. The molecule has 0 aliphatic rings. The van der Waals surface area contributed by atoms with E-state index in [2.05, 4.69) is 4.98 Å². The fraction of sp³-hybridized carbons (Fsp3) is 0.120. The van der Waals surface area contributed by atoms with Crippen LogP contribution in [0.2, 0.25) is 0 Å². The largest absolute Gasteiger partial charge is 0.490 e. The van der Waals surface area contributed by atoms with E-state index < -0.39 is 10.1 Å². The van der Waals surface area contributed by atoms with Crippen LogP contribution >= 0.6 is 11.3 Å². The minimum atomic E-state index is -4.03. The van der Waals surface area contributed by atoms with Gasteiger partial charge in [-0.3, -0.25) is 4.79 Å². The monoisotopic (exact) mass is 492 g/mol. The highest BCUT2D eigenvalue weighted by atomic mass is 32.2. The van der Waals surface area contributed by atoms with E-state index in [1.165, 1.54) is 29.5 Å². The number of aromatic nitrogens is 2. The molecule has 0 aliphatic heterocycles. The summed E-state index contributed by atoms with van der Waals surface area (Å²) in [4.78, 5) is 18.2. The Morgan fingerprint density at radius 2 is 1.79 bits per heavy atom. The van der Waals surface area contributed by atoms with Gasteiger partial charge in [-0.05, 0) is 61.9 Å². The molecule has 2 aromatic heterocycles. The molecule has 0 aliphatic carbocycles. The first kappa shape index (κ1) is 22.1. The summed E-state index contributed by atoms with van der Waals surface area (Å²) in [6.07, 6.45) is 1.73. The molecule has 0 amide bonds. The van der Waals surface area contributed by atoms with Gasteiger partial charge in [0.1, 0.15) is 4.90 Å². The molecule has 9 heteroatoms. The smallest absolute Gasteiger partial charge is 0.339 e. The maximum atomic E-state index is 13.0. The van der Waals surface area contributed by atoms with E-state index in [-0.39, 0.29) is 22.0 Å². The Labute approximate surface area is 199 Å². The van der Waals surface area contributed by atoms with Gasteiger partial charge in [0.15, 0.2) is 16.5 Å². The minimum absolute atomic E-state index is 0.0568. The first-order chi connectivity index (χ1) is 16.4. The fourth-order valence-electron chi connectivity index (χ4n) is 3.59. The van der Waals surface area contributed by atoms with Crippen molar-refractivity contribution in [3.05, 3.63) is 92.7 Å². The van der Waals surface area contributed by atoms with E-state index in [0.717, 1.165) is 16.6 Å². The zero-order chi connectivity index (χ0) is 23.9. The molecular formula is C25H20N2O5S2. The molecule has 0 bridgehead atoms. The Morgan fingerprint density at radius 1 is 1.03 bits per heavy atom. The number of ether oxygens (including phenoxy) is 1. The van der Waals surface area contributed by atoms with Crippen molar-refractivity contribution in [3.63, 3.8) is 0 Å². The minimum Gasteiger partial charge on any atom is -0.490 e. The number of imidazole rings is 1. The third kappa shape index (κ3) is 4.04. The molecule has 3 aromatic carbocycles. The average Bonchev–Trinajstić information content (AvgIpc) is 3.32. The SMILES string of the molecule is CCOc1cc(/C=c2\sc3nc4ccccc4n3c2=O)ccc1OS(=O)(=O)c1ccc(C)cc1. The van der Waals surface area contributed by atoms with E-state index in [1.807, 2.05) is 31.2 Å². The molecular weight excluding hydrogens is 472 g/mol. The predicted octanol–water partition coefficient (Wildman–Crippen LogP) is 3.93. The number of hydrogen-bond donors (Lipinski definition) is 0. The van der Waals surface area contributed by atoms with E-state index in [4.69, 9.17) is 8.92 Å². The van der Waals surface area contributed by atoms with Crippen LogP contribution in [0, 0.1) is 6.92 Å². The number of nitrogens with zero attached hydrogens (tertiary/aromatic N) is 2. The van der Waals surface area contributed by atoms with Crippen molar-refractivity contribution < 1.29 is 17.3 Å². The van der Waals surface area contributed by atoms with E-state index >= 15 is 0 Å². The highest BCUT2D eigenvalue weighted by molar-refractivity contribution is 7.87. The van der Waals surface area contributed by atoms with Gasteiger partial charge < -0.3 is 8.92 Å². The molecule has 0 spiro atoms. The molecule has 0 fully saturated rings. The normalized spacial score (nSPS) is 12.5. The molecule has 0 saturated heterocycles. The summed E-state index contributed by atoms with van der Waals surface area (Å²) in [5.74, 6) is 0.347. The van der Waals surface area contributed by atoms with E-state index in [9.17, 15) is 13.2 Å². The van der Waals surface area contributed by atoms with Crippen molar-refractivity contribution in [2.24, 2.45) is 0 Å². The zero-order valence-corrected chi connectivity index (χ0v) is 20.0. The van der Waals surface area contributed by atoms with Crippen molar-refractivity contribution in [2.45, 2.75) is 18.7 Å². The first-order valence-electron chi connectivity index (χ1n) is 10.6. The molecule has 0 N–H and O–H groups in total. The van der Waals surface area contributed by atoms with Crippen LogP contribution in [0.3, 0.4) is 0 Å². The Morgan fingerprint density at radius 3 is 2.56 bits per heavy atom. The van der Waals surface area contributed by atoms with Crippen molar-refractivity contribution in [1.82, 2.24) is 9.38 Å². The lowest BCUT2D eigenvalue weighted by Crippen LogP contribution is -2.22. The lowest BCUT2D eigenvalue weighted by Gasteiger charge is -2.12. The average molecular weight is 493 g/mol. The van der Waals surface area contributed by atoms with Gasteiger partial charge in [-0.25, -0.2) is 9.38 Å². The molecule has 2 heterocycles. The van der Waals surface area contributed by atoms with Crippen LogP contribution in [0.4, 0.5) is 0 Å². The van der Waals surface area contributed by atoms with Crippen LogP contribution in [-0.4, -0.2) is 24.4 Å². The van der Waals surface area contributed by atoms with Crippen LogP contribution in [0.15, 0.2) is 76.4 Å². The summed E-state index contributed by atoms with van der Waals surface area (Å²) >= 11 is 1.29. The molecule has 0 unspecified atom stereocenters. The van der Waals surface area contributed by atoms with Gasteiger partial charge in [0, 0.05) is 0 Å². The second-order valence-electron chi connectivity index (χ2n) is 7.62. The third-order valence-corrected chi connectivity index (χ3v) is 7.44. The summed E-state index contributed by atoms with van der Waals surface area (Å²) in [5, 5.41) is 0. The number of para-hydroxylation sites is 2. The zero-order valence-electron chi connectivity index (χ0n) is 18.4. The van der Waals surface area contributed by atoms with Gasteiger partial charge in [0.05, 0.1) is 22.2 Å². The Bertz CT molecular complexity index is 1740. The summed E-state index contributed by atoms with van der Waals surface area (Å²) in [5.41, 5.74) is 3.00. The summed E-state index contributed by atoms with van der Waals surface area (Å²) in [6.45, 7) is 3.99. The van der Waals surface area contributed by atoms with E-state index in [0.29, 0.717) is 21.7 Å². The van der Waals surface area contributed by atoms with Gasteiger partial charge in [-0.15, -0.1) is 0 Å². The van der Waals surface area contributed by atoms with Crippen molar-refractivity contribution in [2.75, 3.05) is 6.61 Å². The van der Waals surface area contributed by atoms with Crippen molar-refractivity contribution in [3.8, 4) is 11.5 Å². The van der Waals surface area contributed by atoms with Crippen LogP contribution in [0.25, 0.3) is 22.1 Å². The molecule has 5 aromatic rings. The van der Waals surface area contributed by atoms with Crippen LogP contribution in [0.5, 0.6) is 11.5 Å². The fourth-order valence-corrected chi connectivity index (χ4v) is 5.51. The standard InChI is InChI=1S/C25H20N2O5S2/c1-3-31-22-14-17(10-13-21(22)32-34(29,30)18-11-8-16(2)9-12-18)15-23-24(28)27-20-7-5-4-6-19(20)26-25(27)33-23/h4-15H,3H2,1-2H3/b23-15-. The predicted molar refractivity (Wildman–Crippen MR) is 132 cm³/mol. The second kappa shape index (κ2) is 8.58. The van der Waals surface area contributed by atoms with Gasteiger partial charge >= 0.3 is 10.1 Å². The maximum absolute atomic E-state index is 13.0. The first-order valence-corrected chi connectivity index (χ1v) is 12.8. The highest BCUT2D eigenvalue weighted by Crippen LogP contribution is 2.31. The number of benzene rings is 3. The molecule has 0 atom stereocenters. The Hall–Kier alpha value is -3.69. The third-order valence-electron chi connectivity index (χ3n) is 5.22. The van der Waals surface area contributed by atoms with Crippen molar-refractivity contribution >= 4 is 43.5 Å². The quantitative estimate of drug-likeness (QED) is 0.334. The van der Waals surface area contributed by atoms with Crippen LogP contribution < -0.4 is 19.0 Å². The lowest BCUT2D eigenvalue weighted by molar-refractivity contribution is 0.327. The Kier molecular flexibility index (Phi) is 5.59. The molecule has 172 valence electrons. The lowest BCUT2D eigenvalue weighted by atomic mass is 10.2. The van der Waals surface area contributed by atoms with Crippen LogP contribution in [0.1, 0.15) is 18.1 Å². The Balaban J connectivity index is 1.53. The maximum Gasteiger partial charge on any atom is 0.339 e.